The number of benzene rings is 2. The van der Waals surface area contributed by atoms with Crippen LogP contribution >= 0.6 is 27.5 Å². The normalized spacial score (nSPS) is 10.7. The van der Waals surface area contributed by atoms with Crippen LogP contribution in [0.3, 0.4) is 0 Å². The smallest absolute Gasteiger partial charge is 0.141 e. The Labute approximate surface area is 133 Å². The van der Waals surface area contributed by atoms with E-state index in [0.29, 0.717) is 0 Å². The van der Waals surface area contributed by atoms with Gasteiger partial charge in [-0.2, -0.15) is 0 Å². The molecule has 0 aromatic heterocycles. The van der Waals surface area contributed by atoms with Gasteiger partial charge in [-0.3, -0.25) is 0 Å². The SMILES string of the molecule is CNCc1ccc(Oc2cc(C)c(Cl)c(C)c2)c(Br)c1. The van der Waals surface area contributed by atoms with Crippen LogP contribution < -0.4 is 10.1 Å². The number of hydrogen-bond donors (Lipinski definition) is 1. The molecule has 0 radical (unpaired) electrons. The van der Waals surface area contributed by atoms with Crippen LogP contribution in [0.4, 0.5) is 0 Å². The fourth-order valence-corrected chi connectivity index (χ4v) is 2.65. The van der Waals surface area contributed by atoms with Crippen LogP contribution in [0.5, 0.6) is 11.5 Å². The summed E-state index contributed by atoms with van der Waals surface area (Å²) in [5.74, 6) is 1.59. The second-order valence-corrected chi connectivity index (χ2v) is 6.00. The van der Waals surface area contributed by atoms with Crippen LogP contribution in [0, 0.1) is 13.8 Å². The van der Waals surface area contributed by atoms with Crippen molar-refractivity contribution in [2.75, 3.05) is 7.05 Å². The molecule has 0 unspecified atom stereocenters. The fourth-order valence-electron chi connectivity index (χ4n) is 2.03. The summed E-state index contributed by atoms with van der Waals surface area (Å²) in [6, 6.07) is 9.97. The number of hydrogen-bond acceptors (Lipinski definition) is 2. The number of halogens is 2. The topological polar surface area (TPSA) is 21.3 Å². The van der Waals surface area contributed by atoms with Gasteiger partial charge in [0, 0.05) is 11.6 Å². The van der Waals surface area contributed by atoms with Crippen molar-refractivity contribution < 1.29 is 4.74 Å². The molecule has 4 heteroatoms. The molecule has 1 N–H and O–H groups in total. The molecule has 0 aliphatic heterocycles. The molecule has 0 fully saturated rings. The summed E-state index contributed by atoms with van der Waals surface area (Å²) >= 11 is 9.71. The Balaban J connectivity index is 2.26. The maximum atomic E-state index is 6.17. The summed E-state index contributed by atoms with van der Waals surface area (Å²) in [4.78, 5) is 0. The third kappa shape index (κ3) is 3.54. The number of nitrogens with one attached hydrogen (secondary N) is 1. The Kier molecular flexibility index (Phi) is 5.08. The van der Waals surface area contributed by atoms with Crippen molar-refractivity contribution in [1.29, 1.82) is 0 Å². The van der Waals surface area contributed by atoms with Crippen molar-refractivity contribution in [3.05, 3.63) is 56.5 Å². The number of rotatable bonds is 4. The Bertz CT molecular complexity index is 605. The minimum atomic E-state index is 0.792. The Morgan fingerprint density at radius 3 is 2.35 bits per heavy atom. The van der Waals surface area contributed by atoms with Gasteiger partial charge in [0.05, 0.1) is 4.47 Å². The molecule has 0 saturated carbocycles. The highest BCUT2D eigenvalue weighted by atomic mass is 79.9. The molecule has 2 aromatic rings. The van der Waals surface area contributed by atoms with Crippen molar-refractivity contribution in [3.8, 4) is 11.5 Å². The molecular formula is C16H17BrClNO. The summed E-state index contributed by atoms with van der Waals surface area (Å²) < 4.78 is 6.87. The van der Waals surface area contributed by atoms with Crippen molar-refractivity contribution in [3.63, 3.8) is 0 Å². The zero-order chi connectivity index (χ0) is 14.7. The lowest BCUT2D eigenvalue weighted by Gasteiger charge is -2.12. The molecule has 0 bridgehead atoms. The summed E-state index contributed by atoms with van der Waals surface area (Å²) in [7, 11) is 1.93. The van der Waals surface area contributed by atoms with Gasteiger partial charge in [0.1, 0.15) is 11.5 Å². The van der Waals surface area contributed by atoms with Gasteiger partial charge >= 0.3 is 0 Å². The highest BCUT2D eigenvalue weighted by molar-refractivity contribution is 9.10. The predicted octanol–water partition coefficient (Wildman–Crippen LogP) is 5.23. The molecular weight excluding hydrogens is 338 g/mol. The average molecular weight is 355 g/mol. The summed E-state index contributed by atoms with van der Waals surface area (Å²) in [6.07, 6.45) is 0. The average Bonchev–Trinajstić information content (AvgIpc) is 2.39. The molecule has 0 aliphatic rings. The van der Waals surface area contributed by atoms with Crippen LogP contribution in [-0.4, -0.2) is 7.05 Å². The van der Waals surface area contributed by atoms with E-state index in [1.165, 1.54) is 5.56 Å². The van der Waals surface area contributed by atoms with Gasteiger partial charge in [0.25, 0.3) is 0 Å². The molecule has 2 aromatic carbocycles. The zero-order valence-corrected chi connectivity index (χ0v) is 14.1. The highest BCUT2D eigenvalue weighted by Gasteiger charge is 2.07. The van der Waals surface area contributed by atoms with Gasteiger partial charge in [-0.05, 0) is 77.8 Å². The second kappa shape index (κ2) is 6.61. The number of ether oxygens (including phenoxy) is 1. The Morgan fingerprint density at radius 1 is 1.15 bits per heavy atom. The molecule has 2 rings (SSSR count). The van der Waals surface area contributed by atoms with Crippen LogP contribution in [0.25, 0.3) is 0 Å². The van der Waals surface area contributed by atoms with E-state index in [1.54, 1.807) is 0 Å². The van der Waals surface area contributed by atoms with Gasteiger partial charge in [0.15, 0.2) is 0 Å². The van der Waals surface area contributed by atoms with E-state index in [4.69, 9.17) is 16.3 Å². The first-order valence-corrected chi connectivity index (χ1v) is 7.56. The van der Waals surface area contributed by atoms with E-state index in [0.717, 1.165) is 38.7 Å². The maximum Gasteiger partial charge on any atom is 0.141 e. The monoisotopic (exact) mass is 353 g/mol. The minimum absolute atomic E-state index is 0.792. The van der Waals surface area contributed by atoms with Gasteiger partial charge in [-0.1, -0.05) is 17.7 Å². The van der Waals surface area contributed by atoms with E-state index in [1.807, 2.05) is 45.2 Å². The highest BCUT2D eigenvalue weighted by Crippen LogP contribution is 2.33. The minimum Gasteiger partial charge on any atom is -0.456 e. The molecule has 20 heavy (non-hydrogen) atoms. The molecule has 2 nitrogen and oxygen atoms in total. The zero-order valence-electron chi connectivity index (χ0n) is 11.8. The standard InChI is InChI=1S/C16H17BrClNO/c1-10-6-13(7-11(2)16(10)18)20-15-5-4-12(9-19-3)8-14(15)17/h4-8,19H,9H2,1-3H3. The first kappa shape index (κ1) is 15.4. The fraction of sp³-hybridized carbons (Fsp3) is 0.250. The van der Waals surface area contributed by atoms with Crippen molar-refractivity contribution >= 4 is 27.5 Å². The molecule has 0 atom stereocenters. The second-order valence-electron chi connectivity index (χ2n) is 4.77. The number of aryl methyl sites for hydroxylation is 2. The van der Waals surface area contributed by atoms with E-state index in [-0.39, 0.29) is 0 Å². The maximum absolute atomic E-state index is 6.17. The summed E-state index contributed by atoms with van der Waals surface area (Å²) in [5.41, 5.74) is 3.24. The third-order valence-corrected chi connectivity index (χ3v) is 4.23. The van der Waals surface area contributed by atoms with E-state index < -0.39 is 0 Å². The van der Waals surface area contributed by atoms with Crippen LogP contribution in [0.15, 0.2) is 34.8 Å². The van der Waals surface area contributed by atoms with Crippen molar-refractivity contribution in [2.24, 2.45) is 0 Å². The first-order valence-electron chi connectivity index (χ1n) is 6.39. The van der Waals surface area contributed by atoms with Gasteiger partial charge in [-0.25, -0.2) is 0 Å². The Hall–Kier alpha value is -1.03. The van der Waals surface area contributed by atoms with Crippen LogP contribution in [0.1, 0.15) is 16.7 Å². The van der Waals surface area contributed by atoms with Gasteiger partial charge in [0.2, 0.25) is 0 Å². The lowest BCUT2D eigenvalue weighted by Crippen LogP contribution is -2.04. The van der Waals surface area contributed by atoms with Crippen LogP contribution in [-0.2, 0) is 6.54 Å². The predicted molar refractivity (Wildman–Crippen MR) is 87.9 cm³/mol. The Morgan fingerprint density at radius 2 is 1.80 bits per heavy atom. The van der Waals surface area contributed by atoms with E-state index in [2.05, 4.69) is 27.3 Å². The molecule has 0 spiro atoms. The lowest BCUT2D eigenvalue weighted by molar-refractivity contribution is 0.478. The third-order valence-electron chi connectivity index (χ3n) is 3.01. The van der Waals surface area contributed by atoms with E-state index >= 15 is 0 Å². The van der Waals surface area contributed by atoms with Crippen molar-refractivity contribution in [1.82, 2.24) is 5.32 Å². The lowest BCUT2D eigenvalue weighted by atomic mass is 10.1. The van der Waals surface area contributed by atoms with Gasteiger partial charge in [-0.15, -0.1) is 0 Å². The molecule has 106 valence electrons. The largest absolute Gasteiger partial charge is 0.456 e. The molecule has 0 aliphatic carbocycles. The summed E-state index contributed by atoms with van der Waals surface area (Å²) in [6.45, 7) is 4.79. The van der Waals surface area contributed by atoms with Gasteiger partial charge < -0.3 is 10.1 Å². The quantitative estimate of drug-likeness (QED) is 0.811. The summed E-state index contributed by atoms with van der Waals surface area (Å²) in [5, 5.41) is 3.92. The first-order chi connectivity index (χ1) is 9.51. The van der Waals surface area contributed by atoms with E-state index in [9.17, 15) is 0 Å². The molecule has 0 saturated heterocycles. The molecule has 0 amide bonds. The van der Waals surface area contributed by atoms with Crippen molar-refractivity contribution in [2.45, 2.75) is 20.4 Å². The molecule has 0 heterocycles. The van der Waals surface area contributed by atoms with Crippen LogP contribution in [0.2, 0.25) is 5.02 Å².